The summed E-state index contributed by atoms with van der Waals surface area (Å²) in [5.74, 6) is 0.451. The number of anilines is 1. The number of thiazole rings is 1. The molecular weight excluding hydrogens is 461 g/mol. The van der Waals surface area contributed by atoms with Crippen LogP contribution in [0.25, 0.3) is 10.2 Å². The second-order valence-corrected chi connectivity index (χ2v) is 8.51. The number of hydrogen-bond acceptors (Lipinski definition) is 7. The lowest BCUT2D eigenvalue weighted by Gasteiger charge is -2.29. The molecule has 168 valence electrons. The van der Waals surface area contributed by atoms with Crippen molar-refractivity contribution < 1.29 is 14.3 Å². The van der Waals surface area contributed by atoms with Gasteiger partial charge >= 0.3 is 0 Å². The quantitative estimate of drug-likeness (QED) is 0.532. The maximum Gasteiger partial charge on any atom is 0.280 e. The van der Waals surface area contributed by atoms with E-state index in [4.69, 9.17) is 26.1 Å². The summed E-state index contributed by atoms with van der Waals surface area (Å²) in [7, 11) is 3.42. The Labute approximate surface area is 196 Å². The van der Waals surface area contributed by atoms with Crippen molar-refractivity contribution in [1.29, 1.82) is 0 Å². The van der Waals surface area contributed by atoms with Gasteiger partial charge in [-0.25, -0.2) is 4.98 Å². The first-order chi connectivity index (χ1) is 14.5. The molecule has 1 fully saturated rings. The van der Waals surface area contributed by atoms with Crippen LogP contribution in [0, 0.1) is 6.92 Å². The number of aromatic nitrogens is 3. The van der Waals surface area contributed by atoms with Crippen molar-refractivity contribution in [3.8, 4) is 5.75 Å². The van der Waals surface area contributed by atoms with Crippen LogP contribution in [0.5, 0.6) is 5.75 Å². The number of nitrogens with zero attached hydrogens (tertiary/aromatic N) is 5. The standard InChI is InChI=1S/C20H24ClN5O3S.ClH/c1-13-12-15(23-24(13)2)19(27)26(7-6-25-8-10-29-11-9-25)20-22-17-16(28-3)5-4-14(21)18(17)30-20;/h4-5,12H,6-11H2,1-3H3;1H. The van der Waals surface area contributed by atoms with E-state index >= 15 is 0 Å². The third kappa shape index (κ3) is 4.96. The van der Waals surface area contributed by atoms with E-state index in [9.17, 15) is 4.79 Å². The summed E-state index contributed by atoms with van der Waals surface area (Å²) in [5.41, 5.74) is 1.97. The third-order valence-electron chi connectivity index (χ3n) is 5.22. The Morgan fingerprint density at radius 2 is 2.10 bits per heavy atom. The van der Waals surface area contributed by atoms with Crippen LogP contribution in [-0.2, 0) is 11.8 Å². The minimum absolute atomic E-state index is 0. The summed E-state index contributed by atoms with van der Waals surface area (Å²) in [4.78, 5) is 22.1. The highest BCUT2D eigenvalue weighted by molar-refractivity contribution is 7.23. The van der Waals surface area contributed by atoms with Crippen LogP contribution in [0.15, 0.2) is 18.2 Å². The van der Waals surface area contributed by atoms with Crippen molar-refractivity contribution in [2.75, 3.05) is 51.4 Å². The van der Waals surface area contributed by atoms with Gasteiger partial charge in [0.15, 0.2) is 10.8 Å². The van der Waals surface area contributed by atoms with E-state index in [-0.39, 0.29) is 18.3 Å². The number of morpholine rings is 1. The molecule has 0 radical (unpaired) electrons. The summed E-state index contributed by atoms with van der Waals surface area (Å²) in [6.45, 7) is 6.26. The summed E-state index contributed by atoms with van der Waals surface area (Å²) >= 11 is 7.78. The number of benzene rings is 1. The largest absolute Gasteiger partial charge is 0.494 e. The molecule has 0 saturated carbocycles. The molecule has 1 saturated heterocycles. The molecule has 0 unspecified atom stereocenters. The molecule has 2 aromatic heterocycles. The molecule has 1 aliphatic heterocycles. The molecular formula is C20H25Cl2N5O3S. The number of aryl methyl sites for hydroxylation is 2. The molecule has 3 heterocycles. The molecule has 1 amide bonds. The number of methoxy groups -OCH3 is 1. The van der Waals surface area contributed by atoms with Gasteiger partial charge in [0.25, 0.3) is 5.91 Å². The third-order valence-corrected chi connectivity index (χ3v) is 6.76. The molecule has 11 heteroatoms. The van der Waals surface area contributed by atoms with Crippen LogP contribution in [0.4, 0.5) is 5.13 Å². The van der Waals surface area contributed by atoms with Crippen molar-refractivity contribution in [1.82, 2.24) is 19.7 Å². The average molecular weight is 486 g/mol. The van der Waals surface area contributed by atoms with Crippen LogP contribution in [0.1, 0.15) is 16.2 Å². The molecule has 0 bridgehead atoms. The predicted octanol–water partition coefficient (Wildman–Crippen LogP) is 3.40. The Balaban J connectivity index is 0.00000272. The van der Waals surface area contributed by atoms with E-state index in [2.05, 4.69) is 10.00 Å². The molecule has 4 rings (SSSR count). The zero-order chi connectivity index (χ0) is 21.3. The molecule has 3 aromatic rings. The summed E-state index contributed by atoms with van der Waals surface area (Å²) in [5, 5.41) is 5.54. The normalized spacial score (nSPS) is 14.5. The first-order valence-electron chi connectivity index (χ1n) is 9.73. The highest BCUT2D eigenvalue weighted by atomic mass is 35.5. The van der Waals surface area contributed by atoms with Gasteiger partial charge < -0.3 is 9.47 Å². The van der Waals surface area contributed by atoms with E-state index < -0.39 is 0 Å². The number of ether oxygens (including phenoxy) is 2. The molecule has 1 aliphatic rings. The van der Waals surface area contributed by atoms with Crippen LogP contribution < -0.4 is 9.64 Å². The van der Waals surface area contributed by atoms with Crippen LogP contribution >= 0.6 is 35.3 Å². The zero-order valence-corrected chi connectivity index (χ0v) is 20.0. The number of carbonyl (C=O) groups is 1. The average Bonchev–Trinajstić information content (AvgIpc) is 3.34. The lowest BCUT2D eigenvalue weighted by atomic mass is 10.3. The van der Waals surface area contributed by atoms with Crippen molar-refractivity contribution in [3.05, 3.63) is 34.6 Å². The number of hydrogen-bond donors (Lipinski definition) is 0. The van der Waals surface area contributed by atoms with Gasteiger partial charge in [-0.3, -0.25) is 19.3 Å². The fourth-order valence-corrected chi connectivity index (χ4v) is 4.66. The molecule has 0 aliphatic carbocycles. The highest BCUT2D eigenvalue weighted by Gasteiger charge is 2.26. The second kappa shape index (κ2) is 10.1. The Kier molecular flexibility index (Phi) is 7.77. The van der Waals surface area contributed by atoms with Crippen molar-refractivity contribution in [2.24, 2.45) is 7.05 Å². The van der Waals surface area contributed by atoms with Crippen LogP contribution in [-0.4, -0.2) is 72.1 Å². The maximum absolute atomic E-state index is 13.4. The zero-order valence-electron chi connectivity index (χ0n) is 17.6. The first-order valence-corrected chi connectivity index (χ1v) is 10.9. The summed E-state index contributed by atoms with van der Waals surface area (Å²) in [6.07, 6.45) is 0. The van der Waals surface area contributed by atoms with Crippen molar-refractivity contribution in [2.45, 2.75) is 6.92 Å². The van der Waals surface area contributed by atoms with Crippen molar-refractivity contribution >= 4 is 56.6 Å². The topological polar surface area (TPSA) is 72.7 Å². The molecule has 31 heavy (non-hydrogen) atoms. The monoisotopic (exact) mass is 485 g/mol. The lowest BCUT2D eigenvalue weighted by molar-refractivity contribution is 0.0391. The van der Waals surface area contributed by atoms with E-state index in [1.165, 1.54) is 11.3 Å². The Hall–Kier alpha value is -1.91. The van der Waals surface area contributed by atoms with Gasteiger partial charge in [0.1, 0.15) is 11.3 Å². The van der Waals surface area contributed by atoms with Crippen molar-refractivity contribution in [3.63, 3.8) is 0 Å². The maximum atomic E-state index is 13.4. The van der Waals surface area contributed by atoms with Gasteiger partial charge in [0, 0.05) is 38.9 Å². The highest BCUT2D eigenvalue weighted by Crippen LogP contribution is 2.39. The summed E-state index contributed by atoms with van der Waals surface area (Å²) < 4.78 is 13.4. The van der Waals surface area contributed by atoms with E-state index in [0.717, 1.165) is 30.0 Å². The first kappa shape index (κ1) is 23.7. The van der Waals surface area contributed by atoms with Gasteiger partial charge in [-0.2, -0.15) is 5.10 Å². The number of carbonyl (C=O) groups excluding carboxylic acids is 1. The van der Waals surface area contributed by atoms with Gasteiger partial charge in [-0.15, -0.1) is 12.4 Å². The van der Waals surface area contributed by atoms with Gasteiger partial charge in [0.2, 0.25) is 0 Å². The molecule has 0 atom stereocenters. The minimum atomic E-state index is -0.180. The fourth-order valence-electron chi connectivity index (χ4n) is 3.38. The van der Waals surface area contributed by atoms with E-state index in [1.54, 1.807) is 34.9 Å². The number of amides is 1. The SMILES string of the molecule is COc1ccc(Cl)c2sc(N(CCN3CCOCC3)C(=O)c3cc(C)n(C)n3)nc12.Cl. The van der Waals surface area contributed by atoms with Gasteiger partial charge in [-0.05, 0) is 25.1 Å². The lowest BCUT2D eigenvalue weighted by Crippen LogP contribution is -2.43. The summed E-state index contributed by atoms with van der Waals surface area (Å²) in [6, 6.07) is 5.37. The fraction of sp³-hybridized carbons (Fsp3) is 0.450. The van der Waals surface area contributed by atoms with Gasteiger partial charge in [0.05, 0.1) is 30.0 Å². The smallest absolute Gasteiger partial charge is 0.280 e. The molecule has 8 nitrogen and oxygen atoms in total. The minimum Gasteiger partial charge on any atom is -0.494 e. The second-order valence-electron chi connectivity index (χ2n) is 7.13. The molecule has 0 N–H and O–H groups in total. The van der Waals surface area contributed by atoms with E-state index in [1.807, 2.05) is 14.0 Å². The number of fused-ring (bicyclic) bond motifs is 1. The Morgan fingerprint density at radius 3 is 2.74 bits per heavy atom. The van der Waals surface area contributed by atoms with Crippen LogP contribution in [0.3, 0.4) is 0 Å². The Morgan fingerprint density at radius 1 is 1.35 bits per heavy atom. The predicted molar refractivity (Wildman–Crippen MR) is 125 cm³/mol. The molecule has 0 spiro atoms. The van der Waals surface area contributed by atoms with Gasteiger partial charge in [-0.1, -0.05) is 22.9 Å². The van der Waals surface area contributed by atoms with E-state index in [0.29, 0.717) is 46.9 Å². The van der Waals surface area contributed by atoms with Crippen LogP contribution in [0.2, 0.25) is 5.02 Å². The number of rotatable bonds is 6. The number of halogens is 2. The molecule has 1 aromatic carbocycles. The Bertz CT molecular complexity index is 1050.